The molecule has 1 heterocycles. The molecular weight excluding hydrogens is 229 g/mol. The first-order valence-electron chi connectivity index (χ1n) is 5.32. The molecule has 1 aromatic carbocycles. The smallest absolute Gasteiger partial charge is 0.0408 e. The predicted molar refractivity (Wildman–Crippen MR) is 68.0 cm³/mol. The van der Waals surface area contributed by atoms with E-state index < -0.39 is 0 Å². The largest absolute Gasteiger partial charge is 0.314 e. The molecule has 1 atom stereocenters. The van der Waals surface area contributed by atoms with Gasteiger partial charge in [0.2, 0.25) is 0 Å². The summed E-state index contributed by atoms with van der Waals surface area (Å²) in [6, 6.07) is 8.84. The van der Waals surface area contributed by atoms with Crippen LogP contribution in [0.1, 0.15) is 24.8 Å². The summed E-state index contributed by atoms with van der Waals surface area (Å²) in [5, 5.41) is 4.39. The van der Waals surface area contributed by atoms with Gasteiger partial charge in [-0.15, -0.1) is 12.4 Å². The Kier molecular flexibility index (Phi) is 5.44. The summed E-state index contributed by atoms with van der Waals surface area (Å²) in [6.07, 6.45) is 5.09. The highest BCUT2D eigenvalue weighted by atomic mass is 35.5. The molecule has 0 spiro atoms. The quantitative estimate of drug-likeness (QED) is 0.842. The van der Waals surface area contributed by atoms with Crippen LogP contribution in [0.2, 0.25) is 5.02 Å². The summed E-state index contributed by atoms with van der Waals surface area (Å²) in [4.78, 5) is 0. The number of halogens is 2. The molecule has 3 heteroatoms. The summed E-state index contributed by atoms with van der Waals surface area (Å²) >= 11 is 5.94. The van der Waals surface area contributed by atoms with E-state index in [1.54, 1.807) is 0 Å². The fraction of sp³-hybridized carbons (Fsp3) is 0.500. The third-order valence-electron chi connectivity index (χ3n) is 2.78. The molecule has 1 aromatic rings. The zero-order valence-electron chi connectivity index (χ0n) is 8.71. The fourth-order valence-corrected chi connectivity index (χ4v) is 2.26. The molecule has 0 bridgehead atoms. The van der Waals surface area contributed by atoms with E-state index in [0.717, 1.165) is 11.4 Å². The number of rotatable bonds is 2. The standard InChI is InChI=1S/C12H16ClN.ClH/c13-11-5-3-4-10(8-11)9-12-6-1-2-7-14-12;/h3-5,8,12,14H,1-2,6-7,9H2;1H. The van der Waals surface area contributed by atoms with Crippen LogP contribution < -0.4 is 5.32 Å². The first kappa shape index (κ1) is 12.8. The summed E-state index contributed by atoms with van der Waals surface area (Å²) < 4.78 is 0. The third-order valence-corrected chi connectivity index (χ3v) is 3.02. The van der Waals surface area contributed by atoms with E-state index >= 15 is 0 Å². The number of hydrogen-bond acceptors (Lipinski definition) is 1. The SMILES string of the molecule is Cl.Clc1cccc(CC2CCCCN2)c1. The molecular formula is C12H17Cl2N. The molecule has 0 amide bonds. The van der Waals surface area contributed by atoms with Crippen molar-refractivity contribution < 1.29 is 0 Å². The third kappa shape index (κ3) is 4.02. The van der Waals surface area contributed by atoms with E-state index in [0.29, 0.717) is 6.04 Å². The van der Waals surface area contributed by atoms with E-state index in [1.807, 2.05) is 12.1 Å². The Labute approximate surface area is 103 Å². The highest BCUT2D eigenvalue weighted by molar-refractivity contribution is 6.30. The summed E-state index contributed by atoms with van der Waals surface area (Å²) in [6.45, 7) is 1.17. The van der Waals surface area contributed by atoms with Crippen molar-refractivity contribution in [2.75, 3.05) is 6.54 Å². The lowest BCUT2D eigenvalue weighted by Gasteiger charge is -2.23. The molecule has 1 unspecified atom stereocenters. The van der Waals surface area contributed by atoms with E-state index in [-0.39, 0.29) is 12.4 Å². The van der Waals surface area contributed by atoms with Gasteiger partial charge >= 0.3 is 0 Å². The van der Waals surface area contributed by atoms with E-state index in [1.165, 1.54) is 31.4 Å². The van der Waals surface area contributed by atoms with Gasteiger partial charge in [0.05, 0.1) is 0 Å². The van der Waals surface area contributed by atoms with Crippen LogP contribution in [0.4, 0.5) is 0 Å². The Morgan fingerprint density at radius 3 is 2.87 bits per heavy atom. The topological polar surface area (TPSA) is 12.0 Å². The van der Waals surface area contributed by atoms with Crippen LogP contribution in [-0.4, -0.2) is 12.6 Å². The molecule has 0 saturated carbocycles. The van der Waals surface area contributed by atoms with Gasteiger partial charge in [0.25, 0.3) is 0 Å². The van der Waals surface area contributed by atoms with Crippen LogP contribution in [0.25, 0.3) is 0 Å². The zero-order valence-corrected chi connectivity index (χ0v) is 10.3. The Bertz CT molecular complexity index is 295. The van der Waals surface area contributed by atoms with Crippen molar-refractivity contribution in [3.05, 3.63) is 34.9 Å². The lowest BCUT2D eigenvalue weighted by atomic mass is 9.98. The first-order chi connectivity index (χ1) is 6.84. The maximum Gasteiger partial charge on any atom is 0.0408 e. The van der Waals surface area contributed by atoms with Gasteiger partial charge < -0.3 is 5.32 Å². The molecule has 1 aliphatic heterocycles. The Hall–Kier alpha value is -0.240. The Balaban J connectivity index is 0.00000112. The predicted octanol–water partition coefficient (Wildman–Crippen LogP) is 3.45. The summed E-state index contributed by atoms with van der Waals surface area (Å²) in [5.41, 5.74) is 1.34. The lowest BCUT2D eigenvalue weighted by Crippen LogP contribution is -2.35. The number of piperidine rings is 1. The second kappa shape index (κ2) is 6.37. The van der Waals surface area contributed by atoms with Crippen molar-refractivity contribution in [1.82, 2.24) is 5.32 Å². The molecule has 0 radical (unpaired) electrons. The van der Waals surface area contributed by atoms with Crippen LogP contribution in [0.15, 0.2) is 24.3 Å². The van der Waals surface area contributed by atoms with Gasteiger partial charge in [0.1, 0.15) is 0 Å². The molecule has 1 fully saturated rings. The van der Waals surface area contributed by atoms with Crippen molar-refractivity contribution >= 4 is 24.0 Å². The molecule has 1 aliphatic rings. The molecule has 1 N–H and O–H groups in total. The minimum atomic E-state index is 0. The lowest BCUT2D eigenvalue weighted by molar-refractivity contribution is 0.399. The highest BCUT2D eigenvalue weighted by Crippen LogP contribution is 2.15. The van der Waals surface area contributed by atoms with Gasteiger partial charge in [-0.2, -0.15) is 0 Å². The van der Waals surface area contributed by atoms with Gasteiger partial charge in [0, 0.05) is 11.1 Å². The van der Waals surface area contributed by atoms with Crippen molar-refractivity contribution in [3.63, 3.8) is 0 Å². The Morgan fingerprint density at radius 2 is 2.20 bits per heavy atom. The van der Waals surface area contributed by atoms with Crippen LogP contribution >= 0.6 is 24.0 Å². The fourth-order valence-electron chi connectivity index (χ4n) is 2.05. The molecule has 15 heavy (non-hydrogen) atoms. The normalized spacial score (nSPS) is 20.7. The maximum absolute atomic E-state index is 5.94. The molecule has 2 rings (SSSR count). The zero-order chi connectivity index (χ0) is 9.80. The second-order valence-electron chi connectivity index (χ2n) is 3.98. The van der Waals surface area contributed by atoms with Gasteiger partial charge in [-0.1, -0.05) is 30.2 Å². The minimum absolute atomic E-state index is 0. The number of nitrogens with one attached hydrogen (secondary N) is 1. The van der Waals surface area contributed by atoms with Crippen LogP contribution in [-0.2, 0) is 6.42 Å². The number of benzene rings is 1. The maximum atomic E-state index is 5.94. The summed E-state index contributed by atoms with van der Waals surface area (Å²) in [7, 11) is 0. The van der Waals surface area contributed by atoms with E-state index in [2.05, 4.69) is 17.4 Å². The average Bonchev–Trinajstić information content (AvgIpc) is 2.19. The average molecular weight is 246 g/mol. The monoisotopic (exact) mass is 245 g/mol. The summed E-state index contributed by atoms with van der Waals surface area (Å²) in [5.74, 6) is 0. The first-order valence-corrected chi connectivity index (χ1v) is 5.70. The van der Waals surface area contributed by atoms with Gasteiger partial charge in [0.15, 0.2) is 0 Å². The molecule has 84 valence electrons. The molecule has 0 aliphatic carbocycles. The van der Waals surface area contributed by atoms with Crippen LogP contribution in [0, 0.1) is 0 Å². The van der Waals surface area contributed by atoms with Crippen LogP contribution in [0.3, 0.4) is 0 Å². The van der Waals surface area contributed by atoms with Gasteiger partial charge in [-0.25, -0.2) is 0 Å². The van der Waals surface area contributed by atoms with E-state index in [9.17, 15) is 0 Å². The van der Waals surface area contributed by atoms with Crippen molar-refractivity contribution in [1.29, 1.82) is 0 Å². The second-order valence-corrected chi connectivity index (χ2v) is 4.42. The molecule has 1 saturated heterocycles. The molecule has 0 aromatic heterocycles. The molecule has 1 nitrogen and oxygen atoms in total. The van der Waals surface area contributed by atoms with Crippen molar-refractivity contribution in [2.24, 2.45) is 0 Å². The van der Waals surface area contributed by atoms with Gasteiger partial charge in [-0.3, -0.25) is 0 Å². The highest BCUT2D eigenvalue weighted by Gasteiger charge is 2.12. The Morgan fingerprint density at radius 1 is 1.33 bits per heavy atom. The van der Waals surface area contributed by atoms with Gasteiger partial charge in [-0.05, 0) is 43.5 Å². The minimum Gasteiger partial charge on any atom is -0.314 e. The van der Waals surface area contributed by atoms with E-state index in [4.69, 9.17) is 11.6 Å². The van der Waals surface area contributed by atoms with Crippen LogP contribution in [0.5, 0.6) is 0 Å². The number of hydrogen-bond donors (Lipinski definition) is 1. The van der Waals surface area contributed by atoms with Crippen molar-refractivity contribution in [2.45, 2.75) is 31.7 Å². The van der Waals surface area contributed by atoms with Crippen molar-refractivity contribution in [3.8, 4) is 0 Å².